The third-order valence-electron chi connectivity index (χ3n) is 6.82. The van der Waals surface area contributed by atoms with Crippen molar-refractivity contribution >= 4 is 5.91 Å². The molecule has 1 saturated carbocycles. The number of amides is 1. The minimum absolute atomic E-state index is 0.221. The molecule has 8 heteroatoms. The number of hydrogen-bond acceptors (Lipinski definition) is 7. The van der Waals surface area contributed by atoms with E-state index >= 15 is 0 Å². The molecule has 0 N–H and O–H groups in total. The number of methoxy groups -OCH3 is 4. The molecule has 190 valence electrons. The maximum atomic E-state index is 13.2. The van der Waals surface area contributed by atoms with Gasteiger partial charge < -0.3 is 23.8 Å². The number of benzene rings is 2. The molecule has 2 aromatic carbocycles. The highest BCUT2D eigenvalue weighted by molar-refractivity contribution is 5.79. The Balaban J connectivity index is 1.31. The lowest BCUT2D eigenvalue weighted by Gasteiger charge is -2.35. The van der Waals surface area contributed by atoms with E-state index < -0.39 is 0 Å². The number of piperazine rings is 1. The number of carbonyl (C=O) groups excluding carboxylic acids is 1. The van der Waals surface area contributed by atoms with Crippen LogP contribution in [0, 0.1) is 0 Å². The van der Waals surface area contributed by atoms with Crippen LogP contribution >= 0.6 is 0 Å². The molecule has 2 fully saturated rings. The Bertz CT molecular complexity index is 985. The van der Waals surface area contributed by atoms with Gasteiger partial charge in [-0.15, -0.1) is 0 Å². The van der Waals surface area contributed by atoms with E-state index in [2.05, 4.69) is 14.7 Å². The summed E-state index contributed by atoms with van der Waals surface area (Å²) in [5.41, 5.74) is 2.20. The normalized spacial score (nSPS) is 16.6. The first kappa shape index (κ1) is 25.1. The second kappa shape index (κ2) is 11.6. The zero-order valence-corrected chi connectivity index (χ0v) is 21.3. The maximum Gasteiger partial charge on any atom is 0.237 e. The fraction of sp³-hybridized carbons (Fsp3) is 0.519. The van der Waals surface area contributed by atoms with Crippen LogP contribution in [-0.4, -0.2) is 87.8 Å². The van der Waals surface area contributed by atoms with Crippen molar-refractivity contribution in [3.05, 3.63) is 47.5 Å². The van der Waals surface area contributed by atoms with E-state index in [1.165, 1.54) is 0 Å². The SMILES string of the molecule is COc1ccc(CN(C(=O)CN2CCN(Cc3ccc(OC)c(OC)c3OC)CC2)C2CC2)cc1. The number of ether oxygens (including phenoxy) is 4. The van der Waals surface area contributed by atoms with Gasteiger partial charge in [0, 0.05) is 50.9 Å². The lowest BCUT2D eigenvalue weighted by Crippen LogP contribution is -2.50. The van der Waals surface area contributed by atoms with Gasteiger partial charge in [-0.05, 0) is 36.6 Å². The van der Waals surface area contributed by atoms with Crippen LogP contribution in [0.4, 0.5) is 0 Å². The van der Waals surface area contributed by atoms with Crippen LogP contribution in [0.3, 0.4) is 0 Å². The molecule has 0 bridgehead atoms. The maximum absolute atomic E-state index is 13.2. The lowest BCUT2D eigenvalue weighted by atomic mass is 10.1. The second-order valence-corrected chi connectivity index (χ2v) is 9.15. The Hall–Kier alpha value is -2.97. The third kappa shape index (κ3) is 6.18. The molecule has 1 saturated heterocycles. The Morgan fingerprint density at radius 1 is 0.829 bits per heavy atom. The van der Waals surface area contributed by atoms with Crippen LogP contribution in [0.5, 0.6) is 23.0 Å². The fourth-order valence-corrected chi connectivity index (χ4v) is 4.65. The average Bonchev–Trinajstić information content (AvgIpc) is 3.73. The molecule has 1 aliphatic carbocycles. The first-order chi connectivity index (χ1) is 17.1. The molecular formula is C27H37N3O5. The van der Waals surface area contributed by atoms with Crippen LogP contribution in [0.2, 0.25) is 0 Å². The molecule has 1 amide bonds. The lowest BCUT2D eigenvalue weighted by molar-refractivity contribution is -0.134. The summed E-state index contributed by atoms with van der Waals surface area (Å²) in [6.07, 6.45) is 2.20. The van der Waals surface area contributed by atoms with Gasteiger partial charge >= 0.3 is 0 Å². The molecule has 0 unspecified atom stereocenters. The van der Waals surface area contributed by atoms with E-state index in [1.54, 1.807) is 28.4 Å². The summed E-state index contributed by atoms with van der Waals surface area (Å²) in [5, 5.41) is 0. The van der Waals surface area contributed by atoms with Gasteiger partial charge in [-0.3, -0.25) is 14.6 Å². The zero-order chi connectivity index (χ0) is 24.8. The molecule has 2 aliphatic rings. The highest BCUT2D eigenvalue weighted by Crippen LogP contribution is 2.40. The highest BCUT2D eigenvalue weighted by atomic mass is 16.5. The summed E-state index contributed by atoms with van der Waals surface area (Å²) < 4.78 is 21.8. The van der Waals surface area contributed by atoms with Crippen LogP contribution in [0.15, 0.2) is 36.4 Å². The van der Waals surface area contributed by atoms with E-state index in [1.807, 2.05) is 36.4 Å². The molecule has 0 atom stereocenters. The number of nitrogens with zero attached hydrogens (tertiary/aromatic N) is 3. The standard InChI is InChI=1S/C27H37N3O5/c1-32-23-10-5-20(6-11-23)17-30(22-8-9-22)25(31)19-29-15-13-28(14-16-29)18-21-7-12-24(33-2)27(35-4)26(21)34-3/h5-7,10-12,22H,8-9,13-19H2,1-4H3. The van der Waals surface area contributed by atoms with E-state index in [0.717, 1.165) is 62.4 Å². The zero-order valence-electron chi connectivity index (χ0n) is 21.3. The Kier molecular flexibility index (Phi) is 8.36. The first-order valence-corrected chi connectivity index (χ1v) is 12.2. The summed E-state index contributed by atoms with van der Waals surface area (Å²) in [6, 6.07) is 12.3. The summed E-state index contributed by atoms with van der Waals surface area (Å²) in [4.78, 5) is 19.9. The van der Waals surface area contributed by atoms with E-state index in [-0.39, 0.29) is 5.91 Å². The molecule has 1 heterocycles. The molecule has 0 radical (unpaired) electrons. The molecule has 2 aromatic rings. The predicted molar refractivity (Wildman–Crippen MR) is 134 cm³/mol. The van der Waals surface area contributed by atoms with Crippen molar-refractivity contribution < 1.29 is 23.7 Å². The van der Waals surface area contributed by atoms with Gasteiger partial charge in [0.25, 0.3) is 0 Å². The van der Waals surface area contributed by atoms with Gasteiger partial charge in [-0.1, -0.05) is 18.2 Å². The van der Waals surface area contributed by atoms with Crippen molar-refractivity contribution in [2.24, 2.45) is 0 Å². The largest absolute Gasteiger partial charge is 0.497 e. The number of carbonyl (C=O) groups is 1. The van der Waals surface area contributed by atoms with Crippen LogP contribution in [0.1, 0.15) is 24.0 Å². The van der Waals surface area contributed by atoms with Crippen molar-refractivity contribution in [3.8, 4) is 23.0 Å². The fourth-order valence-electron chi connectivity index (χ4n) is 4.65. The molecule has 4 rings (SSSR count). The Labute approximate surface area is 208 Å². The van der Waals surface area contributed by atoms with Gasteiger partial charge in [-0.2, -0.15) is 0 Å². The summed E-state index contributed by atoms with van der Waals surface area (Å²) in [6.45, 7) is 5.41. The van der Waals surface area contributed by atoms with Crippen molar-refractivity contribution in [3.63, 3.8) is 0 Å². The number of hydrogen-bond donors (Lipinski definition) is 0. The molecule has 0 aromatic heterocycles. The van der Waals surface area contributed by atoms with Crippen molar-refractivity contribution in [1.82, 2.24) is 14.7 Å². The van der Waals surface area contributed by atoms with Crippen LogP contribution in [-0.2, 0) is 17.9 Å². The van der Waals surface area contributed by atoms with E-state index in [9.17, 15) is 4.79 Å². The van der Waals surface area contributed by atoms with Crippen molar-refractivity contribution in [2.45, 2.75) is 32.0 Å². The topological polar surface area (TPSA) is 63.7 Å². The summed E-state index contributed by atoms with van der Waals surface area (Å²) >= 11 is 0. The van der Waals surface area contributed by atoms with Crippen LogP contribution in [0.25, 0.3) is 0 Å². The van der Waals surface area contributed by atoms with Crippen LogP contribution < -0.4 is 18.9 Å². The highest BCUT2D eigenvalue weighted by Gasteiger charge is 2.33. The predicted octanol–water partition coefficient (Wildman–Crippen LogP) is 3.03. The smallest absolute Gasteiger partial charge is 0.237 e. The van der Waals surface area contributed by atoms with E-state index in [0.29, 0.717) is 36.4 Å². The quantitative estimate of drug-likeness (QED) is 0.487. The summed E-state index contributed by atoms with van der Waals surface area (Å²) in [5.74, 6) is 3.04. The molecule has 8 nitrogen and oxygen atoms in total. The Morgan fingerprint density at radius 3 is 2.06 bits per heavy atom. The van der Waals surface area contributed by atoms with Gasteiger partial charge in [0.1, 0.15) is 5.75 Å². The van der Waals surface area contributed by atoms with Crippen molar-refractivity contribution in [2.75, 3.05) is 61.2 Å². The summed E-state index contributed by atoms with van der Waals surface area (Å²) in [7, 11) is 6.57. The first-order valence-electron chi connectivity index (χ1n) is 12.2. The molecule has 0 spiro atoms. The van der Waals surface area contributed by atoms with Gasteiger partial charge in [0.05, 0.1) is 35.0 Å². The number of rotatable bonds is 11. The minimum atomic E-state index is 0.221. The molecular weight excluding hydrogens is 446 g/mol. The van der Waals surface area contributed by atoms with Gasteiger partial charge in [0.15, 0.2) is 11.5 Å². The monoisotopic (exact) mass is 483 g/mol. The van der Waals surface area contributed by atoms with Crippen molar-refractivity contribution in [1.29, 1.82) is 0 Å². The van der Waals surface area contributed by atoms with E-state index in [4.69, 9.17) is 18.9 Å². The Morgan fingerprint density at radius 2 is 1.49 bits per heavy atom. The van der Waals surface area contributed by atoms with Gasteiger partial charge in [0.2, 0.25) is 11.7 Å². The average molecular weight is 484 g/mol. The molecule has 35 heavy (non-hydrogen) atoms. The minimum Gasteiger partial charge on any atom is -0.497 e. The molecule has 1 aliphatic heterocycles. The second-order valence-electron chi connectivity index (χ2n) is 9.15. The van der Waals surface area contributed by atoms with Gasteiger partial charge in [-0.25, -0.2) is 0 Å². The third-order valence-corrected chi connectivity index (χ3v) is 6.82.